The highest BCUT2D eigenvalue weighted by atomic mass is 19.4. The molecule has 0 spiro atoms. The van der Waals surface area contributed by atoms with Crippen molar-refractivity contribution in [3.05, 3.63) is 24.3 Å². The predicted octanol–water partition coefficient (Wildman–Crippen LogP) is 4.67. The topological polar surface area (TPSA) is 41.6 Å². The number of benzene rings is 1. The summed E-state index contributed by atoms with van der Waals surface area (Å²) in [5.41, 5.74) is -0.759. The van der Waals surface area contributed by atoms with E-state index in [2.05, 4.69) is 5.32 Å². The number of ether oxygens (including phenoxy) is 1. The molecular formula is C17H23F3N2O2. The van der Waals surface area contributed by atoms with Gasteiger partial charge in [0.25, 0.3) is 0 Å². The molecule has 1 aromatic rings. The van der Waals surface area contributed by atoms with Gasteiger partial charge in [0.2, 0.25) is 0 Å². The summed E-state index contributed by atoms with van der Waals surface area (Å²) in [6, 6.07) is 6.23. The molecule has 1 fully saturated rings. The Bertz CT molecular complexity index is 582. The molecule has 134 valence electrons. The lowest BCUT2D eigenvalue weighted by Crippen LogP contribution is -2.51. The van der Waals surface area contributed by atoms with Gasteiger partial charge in [-0.1, -0.05) is 0 Å². The molecule has 1 saturated heterocycles. The van der Waals surface area contributed by atoms with Gasteiger partial charge < -0.3 is 15.0 Å². The van der Waals surface area contributed by atoms with E-state index in [4.69, 9.17) is 4.74 Å². The summed E-state index contributed by atoms with van der Waals surface area (Å²) in [4.78, 5) is 13.6. The Morgan fingerprint density at radius 3 is 2.33 bits per heavy atom. The number of hydrogen-bond donors (Lipinski definition) is 1. The quantitative estimate of drug-likeness (QED) is 0.866. The fourth-order valence-electron chi connectivity index (χ4n) is 3.10. The van der Waals surface area contributed by atoms with Gasteiger partial charge in [0.05, 0.1) is 17.6 Å². The highest BCUT2D eigenvalue weighted by molar-refractivity contribution is 5.90. The highest BCUT2D eigenvalue weighted by Gasteiger charge is 2.56. The summed E-state index contributed by atoms with van der Waals surface area (Å²) >= 11 is 0. The third-order valence-corrected chi connectivity index (χ3v) is 4.31. The van der Waals surface area contributed by atoms with E-state index in [9.17, 15) is 18.0 Å². The lowest BCUT2D eigenvalue weighted by atomic mass is 9.88. The minimum atomic E-state index is -4.31. The third kappa shape index (κ3) is 3.94. The molecule has 2 amide bonds. The Hall–Kier alpha value is -1.92. The molecule has 0 aliphatic carbocycles. The fraction of sp³-hybridized carbons (Fsp3) is 0.588. The Balaban J connectivity index is 2.05. The van der Waals surface area contributed by atoms with Gasteiger partial charge in [0, 0.05) is 12.2 Å². The van der Waals surface area contributed by atoms with Crippen LogP contribution in [-0.2, 0) is 0 Å². The fourth-order valence-corrected chi connectivity index (χ4v) is 3.10. The van der Waals surface area contributed by atoms with Crippen LogP contribution < -0.4 is 10.1 Å². The maximum Gasteiger partial charge on any atom is 0.394 e. The number of halogens is 3. The van der Waals surface area contributed by atoms with Gasteiger partial charge in [-0.25, -0.2) is 4.79 Å². The van der Waals surface area contributed by atoms with Crippen molar-refractivity contribution in [2.45, 2.75) is 51.9 Å². The maximum absolute atomic E-state index is 13.1. The van der Waals surface area contributed by atoms with Crippen LogP contribution in [0.2, 0.25) is 0 Å². The average Bonchev–Trinajstić information content (AvgIpc) is 2.75. The molecule has 7 heteroatoms. The van der Waals surface area contributed by atoms with Crippen LogP contribution in [0, 0.1) is 5.92 Å². The number of urea groups is 1. The van der Waals surface area contributed by atoms with Gasteiger partial charge in [0.15, 0.2) is 0 Å². The number of amides is 2. The normalized spacial score (nSPS) is 20.3. The molecular weight excluding hydrogens is 321 g/mol. The monoisotopic (exact) mass is 344 g/mol. The van der Waals surface area contributed by atoms with Crippen molar-refractivity contribution in [2.24, 2.45) is 5.92 Å². The van der Waals surface area contributed by atoms with Crippen molar-refractivity contribution < 1.29 is 22.7 Å². The number of likely N-dealkylation sites (tertiary alicyclic amines) is 1. The summed E-state index contributed by atoms with van der Waals surface area (Å²) in [7, 11) is 0. The van der Waals surface area contributed by atoms with Crippen LogP contribution in [0.4, 0.5) is 23.7 Å². The molecule has 0 bridgehead atoms. The van der Waals surface area contributed by atoms with Gasteiger partial charge in [-0.05, 0) is 58.4 Å². The SMILES string of the molecule is CC(C)Oc1ccc(NC(=O)N2CC[C@@H](C(F)(F)F)C2(C)C)cc1. The zero-order valence-electron chi connectivity index (χ0n) is 14.3. The largest absolute Gasteiger partial charge is 0.491 e. The van der Waals surface area contributed by atoms with E-state index in [-0.39, 0.29) is 19.1 Å². The minimum absolute atomic E-state index is 0.0372. The van der Waals surface area contributed by atoms with Crippen molar-refractivity contribution in [1.29, 1.82) is 0 Å². The Morgan fingerprint density at radius 2 is 1.88 bits per heavy atom. The predicted molar refractivity (Wildman–Crippen MR) is 86.2 cm³/mol. The van der Waals surface area contributed by atoms with E-state index in [1.807, 2.05) is 13.8 Å². The van der Waals surface area contributed by atoms with Crippen molar-refractivity contribution in [1.82, 2.24) is 4.90 Å². The van der Waals surface area contributed by atoms with E-state index in [0.717, 1.165) is 0 Å². The molecule has 24 heavy (non-hydrogen) atoms. The number of nitrogens with one attached hydrogen (secondary N) is 1. The van der Waals surface area contributed by atoms with Gasteiger partial charge in [-0.2, -0.15) is 13.2 Å². The lowest BCUT2D eigenvalue weighted by molar-refractivity contribution is -0.189. The van der Waals surface area contributed by atoms with E-state index < -0.39 is 23.7 Å². The van der Waals surface area contributed by atoms with Crippen LogP contribution in [0.15, 0.2) is 24.3 Å². The Labute approximate surface area is 140 Å². The molecule has 0 radical (unpaired) electrons. The number of anilines is 1. The number of nitrogens with zero attached hydrogens (tertiary/aromatic N) is 1. The molecule has 0 aromatic heterocycles. The lowest BCUT2D eigenvalue weighted by Gasteiger charge is -2.36. The molecule has 0 unspecified atom stereocenters. The van der Waals surface area contributed by atoms with Gasteiger partial charge >= 0.3 is 12.2 Å². The zero-order chi connectivity index (χ0) is 18.1. The molecule has 4 nitrogen and oxygen atoms in total. The van der Waals surface area contributed by atoms with Crippen LogP contribution in [0.25, 0.3) is 0 Å². The number of carbonyl (C=O) groups is 1. The van der Waals surface area contributed by atoms with E-state index >= 15 is 0 Å². The standard InChI is InChI=1S/C17H23F3N2O2/c1-11(2)24-13-7-5-12(6-8-13)21-15(23)22-10-9-14(16(22,3)4)17(18,19)20/h5-8,11,14H,9-10H2,1-4H3,(H,21,23)/t14-/m1/s1. The Morgan fingerprint density at radius 1 is 1.29 bits per heavy atom. The number of rotatable bonds is 3. The van der Waals surface area contributed by atoms with Crippen molar-refractivity contribution in [3.63, 3.8) is 0 Å². The molecule has 0 saturated carbocycles. The minimum Gasteiger partial charge on any atom is -0.491 e. The van der Waals surface area contributed by atoms with Crippen LogP contribution in [0.1, 0.15) is 34.1 Å². The van der Waals surface area contributed by atoms with Crippen LogP contribution in [-0.4, -0.2) is 35.3 Å². The van der Waals surface area contributed by atoms with Crippen LogP contribution in [0.5, 0.6) is 5.75 Å². The van der Waals surface area contributed by atoms with Crippen molar-refractivity contribution in [2.75, 3.05) is 11.9 Å². The first-order valence-corrected chi connectivity index (χ1v) is 7.94. The molecule has 2 rings (SSSR count). The van der Waals surface area contributed by atoms with E-state index in [1.54, 1.807) is 24.3 Å². The second kappa shape index (κ2) is 6.53. The second-order valence-corrected chi connectivity index (χ2v) is 6.81. The number of carbonyl (C=O) groups excluding carboxylic acids is 1. The zero-order valence-corrected chi connectivity index (χ0v) is 14.3. The molecule has 1 aromatic carbocycles. The van der Waals surface area contributed by atoms with Gasteiger partial charge in [0.1, 0.15) is 5.75 Å². The first kappa shape index (κ1) is 18.4. The van der Waals surface area contributed by atoms with Gasteiger partial charge in [-0.3, -0.25) is 0 Å². The second-order valence-electron chi connectivity index (χ2n) is 6.81. The van der Waals surface area contributed by atoms with E-state index in [0.29, 0.717) is 11.4 Å². The summed E-state index contributed by atoms with van der Waals surface area (Å²) in [6.45, 7) is 6.80. The summed E-state index contributed by atoms with van der Waals surface area (Å²) in [6.07, 6.45) is -4.35. The molecule has 1 heterocycles. The first-order chi connectivity index (χ1) is 11.0. The molecule has 1 aliphatic rings. The third-order valence-electron chi connectivity index (χ3n) is 4.31. The summed E-state index contributed by atoms with van der Waals surface area (Å²) < 4.78 is 44.8. The van der Waals surface area contributed by atoms with E-state index in [1.165, 1.54) is 18.7 Å². The summed E-state index contributed by atoms with van der Waals surface area (Å²) in [5.74, 6) is -0.848. The molecule has 1 atom stereocenters. The van der Waals surface area contributed by atoms with Gasteiger partial charge in [-0.15, -0.1) is 0 Å². The average molecular weight is 344 g/mol. The summed E-state index contributed by atoms with van der Waals surface area (Å²) in [5, 5.41) is 2.66. The number of hydrogen-bond acceptors (Lipinski definition) is 2. The van der Waals surface area contributed by atoms with Crippen molar-refractivity contribution >= 4 is 11.7 Å². The van der Waals surface area contributed by atoms with Crippen molar-refractivity contribution in [3.8, 4) is 5.75 Å². The molecule has 1 aliphatic heterocycles. The van der Waals surface area contributed by atoms with Crippen LogP contribution >= 0.6 is 0 Å². The smallest absolute Gasteiger partial charge is 0.394 e. The van der Waals surface area contributed by atoms with Crippen LogP contribution in [0.3, 0.4) is 0 Å². The maximum atomic E-state index is 13.1. The highest BCUT2D eigenvalue weighted by Crippen LogP contribution is 2.44. The Kier molecular flexibility index (Phi) is 5.01. The molecule has 1 N–H and O–H groups in total. The number of alkyl halides is 3. The first-order valence-electron chi connectivity index (χ1n) is 7.94.